The Hall–Kier alpha value is -3.56. The highest BCUT2D eigenvalue weighted by Gasteiger charge is 2.71. The minimum atomic E-state index is -5.02. The van der Waals surface area contributed by atoms with E-state index < -0.39 is 61.0 Å². The van der Waals surface area contributed by atoms with Gasteiger partial charge in [0, 0.05) is 6.20 Å². The number of hydrogen-bond acceptors (Lipinski definition) is 10. The number of aliphatic hydroxyl groups is 1. The van der Waals surface area contributed by atoms with Crippen LogP contribution in [0.4, 0.5) is 17.6 Å². The van der Waals surface area contributed by atoms with E-state index in [0.717, 1.165) is 0 Å². The smallest absolute Gasteiger partial charge is 0.497 e. The molecule has 0 aliphatic carbocycles. The van der Waals surface area contributed by atoms with E-state index in [1.54, 1.807) is 4.98 Å². The summed E-state index contributed by atoms with van der Waals surface area (Å²) in [5, 5.41) is 9.67. The fourth-order valence-electron chi connectivity index (χ4n) is 3.82. The summed E-state index contributed by atoms with van der Waals surface area (Å²) >= 11 is 5.62. The van der Waals surface area contributed by atoms with Crippen LogP contribution in [0, 0.1) is 0 Å². The van der Waals surface area contributed by atoms with Crippen molar-refractivity contribution in [3.63, 3.8) is 0 Å². The van der Waals surface area contributed by atoms with Gasteiger partial charge in [0.15, 0.2) is 11.7 Å². The maximum Gasteiger partial charge on any atom is 0.587 e. The Morgan fingerprint density at radius 3 is 1.93 bits per heavy atom. The third-order valence-corrected chi connectivity index (χ3v) is 7.62. The molecule has 1 saturated heterocycles. The van der Waals surface area contributed by atoms with Crippen molar-refractivity contribution in [3.05, 3.63) is 80.6 Å². The highest BCUT2D eigenvalue weighted by molar-refractivity contribution is 7.49. The molecule has 3 atom stereocenters. The fraction of sp³-hybridized carbons (Fsp3) is 0.333. The molecule has 12 nitrogen and oxygen atoms in total. The number of H-pyrrole nitrogens is 1. The Kier molecular flexibility index (Phi) is 8.94. The Labute approximate surface area is 238 Å². The molecule has 1 aliphatic heterocycles. The standard InChI is InChI=1S/C24H22ClF4N2O10P/c1-36-13-3-7-15(8-4-13)40-42(35,41-16-9-5-14(37-2)6-10-16)38-12-23(20(26)27)19(33)24(28,29)21(39-23)31-11-17(25)18(32)30-22(31)34/h3-11,19-21,33H,12H2,1-2H3,(H,30,32,34)/t19-,21+,23+/m0/s1. The molecule has 2 aromatic carbocycles. The molecule has 0 bridgehead atoms. The number of methoxy groups -OCH3 is 2. The van der Waals surface area contributed by atoms with Gasteiger partial charge >= 0.3 is 19.4 Å². The maximum absolute atomic E-state index is 15.2. The van der Waals surface area contributed by atoms with E-state index >= 15 is 8.78 Å². The van der Waals surface area contributed by atoms with Crippen LogP contribution < -0.4 is 29.8 Å². The maximum atomic E-state index is 15.2. The number of aromatic nitrogens is 2. The number of rotatable bonds is 11. The minimum Gasteiger partial charge on any atom is -0.497 e. The number of aliphatic hydroxyl groups excluding tert-OH is 1. The Bertz CT molecular complexity index is 1520. The molecule has 1 fully saturated rings. The van der Waals surface area contributed by atoms with E-state index in [0.29, 0.717) is 17.7 Å². The highest BCUT2D eigenvalue weighted by Crippen LogP contribution is 2.55. The molecule has 1 aliphatic rings. The van der Waals surface area contributed by atoms with Crippen LogP contribution in [0.2, 0.25) is 5.02 Å². The fourth-order valence-corrected chi connectivity index (χ4v) is 5.23. The summed E-state index contributed by atoms with van der Waals surface area (Å²) in [6.07, 6.45) is -9.70. The lowest BCUT2D eigenvalue weighted by molar-refractivity contribution is -0.193. The van der Waals surface area contributed by atoms with Crippen molar-refractivity contribution in [1.82, 2.24) is 9.55 Å². The lowest BCUT2D eigenvalue weighted by atomic mass is 9.96. The topological polar surface area (TPSA) is 148 Å². The van der Waals surface area contributed by atoms with Crippen LogP contribution in [0.5, 0.6) is 23.0 Å². The summed E-state index contributed by atoms with van der Waals surface area (Å²) in [6.45, 7) is -1.69. The van der Waals surface area contributed by atoms with Gasteiger partial charge in [0.2, 0.25) is 6.23 Å². The lowest BCUT2D eigenvalue weighted by Gasteiger charge is -2.31. The predicted octanol–water partition coefficient (Wildman–Crippen LogP) is 4.02. The molecule has 0 radical (unpaired) electrons. The SMILES string of the molecule is COc1ccc(OP(=O)(OC[C@@]2(C(F)F)O[C@@H](n3cc(Cl)c(=O)[nH]c3=O)C(F)(F)[C@H]2O)Oc2ccc(OC)cc2)cc1. The van der Waals surface area contributed by atoms with Gasteiger partial charge in [0.25, 0.3) is 12.0 Å². The van der Waals surface area contributed by atoms with Gasteiger partial charge in [-0.25, -0.2) is 18.1 Å². The van der Waals surface area contributed by atoms with E-state index in [4.69, 9.17) is 39.4 Å². The highest BCUT2D eigenvalue weighted by atomic mass is 35.5. The summed E-state index contributed by atoms with van der Waals surface area (Å²) in [4.78, 5) is 25.4. The largest absolute Gasteiger partial charge is 0.587 e. The Morgan fingerprint density at radius 2 is 1.48 bits per heavy atom. The summed E-state index contributed by atoms with van der Waals surface area (Å²) in [7, 11) is -2.26. The zero-order valence-corrected chi connectivity index (χ0v) is 23.2. The van der Waals surface area contributed by atoms with E-state index in [1.165, 1.54) is 62.8 Å². The zero-order valence-electron chi connectivity index (χ0n) is 21.5. The summed E-state index contributed by atoms with van der Waals surface area (Å²) in [6, 6.07) is 10.7. The number of nitrogens with zero attached hydrogens (tertiary/aromatic N) is 1. The normalized spacial score (nSPS) is 21.7. The minimum absolute atomic E-state index is 0.0262. The van der Waals surface area contributed by atoms with Crippen LogP contribution in [-0.4, -0.2) is 59.5 Å². The van der Waals surface area contributed by atoms with Crippen molar-refractivity contribution >= 4 is 19.4 Å². The molecule has 228 valence electrons. The molecule has 0 spiro atoms. The molecule has 0 amide bonds. The Balaban J connectivity index is 1.69. The third kappa shape index (κ3) is 6.13. The third-order valence-electron chi connectivity index (χ3n) is 6.04. The van der Waals surface area contributed by atoms with Gasteiger partial charge in [-0.2, -0.15) is 8.78 Å². The van der Waals surface area contributed by atoms with Crippen molar-refractivity contribution in [2.45, 2.75) is 30.3 Å². The molecule has 18 heteroatoms. The van der Waals surface area contributed by atoms with Gasteiger partial charge in [-0.3, -0.25) is 18.9 Å². The first-order valence-corrected chi connectivity index (χ1v) is 13.5. The van der Waals surface area contributed by atoms with Crippen LogP contribution in [0.3, 0.4) is 0 Å². The number of ether oxygens (including phenoxy) is 3. The summed E-state index contributed by atoms with van der Waals surface area (Å²) in [5.74, 6) is -4.16. The number of phosphoric ester groups is 1. The molecule has 2 N–H and O–H groups in total. The number of nitrogens with one attached hydrogen (secondary N) is 1. The van der Waals surface area contributed by atoms with Crippen molar-refractivity contribution in [2.24, 2.45) is 0 Å². The molecular formula is C24H22ClF4N2O10P. The quantitative estimate of drug-likeness (QED) is 0.233. The van der Waals surface area contributed by atoms with Gasteiger partial charge in [-0.05, 0) is 48.5 Å². The van der Waals surface area contributed by atoms with Crippen LogP contribution in [0.25, 0.3) is 0 Å². The van der Waals surface area contributed by atoms with Crippen molar-refractivity contribution in [2.75, 3.05) is 20.8 Å². The van der Waals surface area contributed by atoms with Crippen LogP contribution >= 0.6 is 19.4 Å². The zero-order chi connectivity index (χ0) is 30.9. The van der Waals surface area contributed by atoms with Gasteiger partial charge in [0.1, 0.15) is 28.0 Å². The number of benzene rings is 2. The number of phosphoric acid groups is 1. The van der Waals surface area contributed by atoms with Crippen molar-refractivity contribution < 1.29 is 55.0 Å². The van der Waals surface area contributed by atoms with Crippen molar-refractivity contribution in [1.29, 1.82) is 0 Å². The summed E-state index contributed by atoms with van der Waals surface area (Å²) < 4.78 is 104. The van der Waals surface area contributed by atoms with E-state index in [2.05, 4.69) is 0 Å². The second-order valence-corrected chi connectivity index (χ2v) is 10.6. The average Bonchev–Trinajstić information content (AvgIpc) is 3.16. The van der Waals surface area contributed by atoms with E-state index in [9.17, 15) is 28.0 Å². The molecule has 4 rings (SSSR count). The monoisotopic (exact) mass is 640 g/mol. The van der Waals surface area contributed by atoms with Gasteiger partial charge in [-0.1, -0.05) is 11.6 Å². The van der Waals surface area contributed by atoms with E-state index in [-0.39, 0.29) is 16.1 Å². The summed E-state index contributed by atoms with van der Waals surface area (Å²) in [5.41, 5.74) is -6.22. The molecule has 0 unspecified atom stereocenters. The lowest BCUT2D eigenvalue weighted by Crippen LogP contribution is -2.54. The molecule has 1 aromatic heterocycles. The predicted molar refractivity (Wildman–Crippen MR) is 137 cm³/mol. The number of alkyl halides is 4. The molecule has 0 saturated carbocycles. The number of halogens is 5. The second-order valence-electron chi connectivity index (χ2n) is 8.70. The number of aromatic amines is 1. The molecular weight excluding hydrogens is 619 g/mol. The average molecular weight is 641 g/mol. The van der Waals surface area contributed by atoms with Crippen LogP contribution in [-0.2, 0) is 13.8 Å². The molecule has 42 heavy (non-hydrogen) atoms. The first-order chi connectivity index (χ1) is 19.7. The van der Waals surface area contributed by atoms with E-state index in [1.807, 2.05) is 0 Å². The first-order valence-electron chi connectivity index (χ1n) is 11.7. The second kappa shape index (κ2) is 12.0. The number of hydrogen-bond donors (Lipinski definition) is 2. The van der Waals surface area contributed by atoms with Gasteiger partial charge in [0.05, 0.1) is 20.8 Å². The van der Waals surface area contributed by atoms with Crippen LogP contribution in [0.1, 0.15) is 6.23 Å². The van der Waals surface area contributed by atoms with Crippen LogP contribution in [0.15, 0.2) is 64.3 Å². The van der Waals surface area contributed by atoms with Gasteiger partial charge < -0.3 is 28.4 Å². The molecule has 2 heterocycles. The van der Waals surface area contributed by atoms with Gasteiger partial charge in [-0.15, -0.1) is 0 Å². The molecule has 3 aromatic rings. The Morgan fingerprint density at radius 1 is 1.00 bits per heavy atom. The van der Waals surface area contributed by atoms with Crippen molar-refractivity contribution in [3.8, 4) is 23.0 Å². The first kappa shape index (κ1) is 31.4.